The Labute approximate surface area is 156 Å². The minimum absolute atomic E-state index is 0.0648. The lowest BCUT2D eigenvalue weighted by molar-refractivity contribution is 0.0937. The number of carbonyl (C=O) groups excluding carboxylic acids is 1. The van der Waals surface area contributed by atoms with E-state index in [4.69, 9.17) is 9.47 Å². The maximum absolute atomic E-state index is 13.5. The zero-order valence-electron chi connectivity index (χ0n) is 15.2. The van der Waals surface area contributed by atoms with Gasteiger partial charge in [0.05, 0.1) is 6.61 Å². The second-order valence-corrected chi connectivity index (χ2v) is 5.86. The van der Waals surface area contributed by atoms with Crippen molar-refractivity contribution in [3.63, 3.8) is 0 Å². The Kier molecular flexibility index (Phi) is 5.93. The van der Waals surface area contributed by atoms with E-state index in [0.29, 0.717) is 24.6 Å². The van der Waals surface area contributed by atoms with Gasteiger partial charge in [0.15, 0.2) is 5.82 Å². The molecule has 0 aliphatic heterocycles. The highest BCUT2D eigenvalue weighted by Gasteiger charge is 2.20. The number of ether oxygens (including phenoxy) is 2. The summed E-state index contributed by atoms with van der Waals surface area (Å²) in [6.07, 6.45) is 0. The second kappa shape index (κ2) is 8.55. The van der Waals surface area contributed by atoms with Gasteiger partial charge in [-0.2, -0.15) is 9.67 Å². The van der Waals surface area contributed by atoms with Crippen LogP contribution in [0.2, 0.25) is 0 Å². The number of rotatable bonds is 7. The zero-order chi connectivity index (χ0) is 19.2. The van der Waals surface area contributed by atoms with E-state index in [1.165, 1.54) is 24.3 Å². The fourth-order valence-corrected chi connectivity index (χ4v) is 2.47. The summed E-state index contributed by atoms with van der Waals surface area (Å²) in [5.74, 6) is -0.654. The number of aryl methyl sites for hydroxylation is 1. The number of hydrogen-bond donors (Lipinski definition) is 0. The number of halogens is 1. The van der Waals surface area contributed by atoms with Gasteiger partial charge in [-0.1, -0.05) is 35.9 Å². The van der Waals surface area contributed by atoms with E-state index in [-0.39, 0.29) is 18.2 Å². The Hall–Kier alpha value is -3.06. The maximum Gasteiger partial charge on any atom is 0.336 e. The van der Waals surface area contributed by atoms with Crippen molar-refractivity contribution in [2.24, 2.45) is 0 Å². The fraction of sp³-hybridized carbons (Fsp3) is 0.250. The van der Waals surface area contributed by atoms with Gasteiger partial charge < -0.3 is 9.47 Å². The lowest BCUT2D eigenvalue weighted by Gasteiger charge is -2.05. The van der Waals surface area contributed by atoms with E-state index in [2.05, 4.69) is 10.1 Å². The molecule has 0 aliphatic rings. The highest BCUT2D eigenvalue weighted by molar-refractivity contribution is 5.97. The summed E-state index contributed by atoms with van der Waals surface area (Å²) in [6, 6.07) is 13.0. The molecular weight excluding hydrogens is 349 g/mol. The summed E-state index contributed by atoms with van der Waals surface area (Å²) < 4.78 is 25.4. The summed E-state index contributed by atoms with van der Waals surface area (Å²) in [6.45, 7) is 5.09. The molecule has 7 heteroatoms. The molecule has 0 spiro atoms. The first-order valence-electron chi connectivity index (χ1n) is 8.63. The molecule has 0 N–H and O–H groups in total. The van der Waals surface area contributed by atoms with E-state index < -0.39 is 11.7 Å². The van der Waals surface area contributed by atoms with Crippen molar-refractivity contribution in [2.45, 2.75) is 13.8 Å². The zero-order valence-corrected chi connectivity index (χ0v) is 15.2. The van der Waals surface area contributed by atoms with Crippen molar-refractivity contribution in [2.75, 3.05) is 19.8 Å². The molecule has 0 radical (unpaired) electrons. The third kappa shape index (κ3) is 4.57. The Morgan fingerprint density at radius 3 is 2.63 bits per heavy atom. The van der Waals surface area contributed by atoms with Crippen molar-refractivity contribution in [3.05, 3.63) is 65.5 Å². The van der Waals surface area contributed by atoms with E-state index >= 15 is 0 Å². The van der Waals surface area contributed by atoms with Crippen molar-refractivity contribution in [1.29, 1.82) is 0 Å². The normalized spacial score (nSPS) is 10.8. The Morgan fingerprint density at radius 2 is 1.93 bits per heavy atom. The molecule has 2 aromatic carbocycles. The molecule has 140 valence electrons. The van der Waals surface area contributed by atoms with Crippen LogP contribution in [-0.2, 0) is 4.74 Å². The first-order chi connectivity index (χ1) is 13.1. The summed E-state index contributed by atoms with van der Waals surface area (Å²) in [5, 5.41) is 4.17. The van der Waals surface area contributed by atoms with Gasteiger partial charge in [0.2, 0.25) is 0 Å². The minimum atomic E-state index is -0.494. The number of hydrogen-bond acceptors (Lipinski definition) is 5. The van der Waals surface area contributed by atoms with Crippen molar-refractivity contribution in [3.8, 4) is 17.4 Å². The third-order valence-corrected chi connectivity index (χ3v) is 3.82. The van der Waals surface area contributed by atoms with Crippen LogP contribution in [0.5, 0.6) is 6.01 Å². The van der Waals surface area contributed by atoms with Crippen LogP contribution in [0.25, 0.3) is 11.4 Å². The van der Waals surface area contributed by atoms with E-state index in [9.17, 15) is 9.18 Å². The average molecular weight is 369 g/mol. The molecule has 0 aliphatic carbocycles. The van der Waals surface area contributed by atoms with Gasteiger partial charge in [-0.15, -0.1) is 5.10 Å². The molecule has 1 aromatic heterocycles. The van der Waals surface area contributed by atoms with Gasteiger partial charge in [0.25, 0.3) is 5.91 Å². The summed E-state index contributed by atoms with van der Waals surface area (Å²) in [4.78, 5) is 17.2. The van der Waals surface area contributed by atoms with Crippen molar-refractivity contribution in [1.82, 2.24) is 14.8 Å². The summed E-state index contributed by atoms with van der Waals surface area (Å²) >= 11 is 0. The Bertz CT molecular complexity index is 922. The molecule has 27 heavy (non-hydrogen) atoms. The van der Waals surface area contributed by atoms with Crippen LogP contribution >= 0.6 is 0 Å². The maximum atomic E-state index is 13.5. The Morgan fingerprint density at radius 1 is 1.15 bits per heavy atom. The lowest BCUT2D eigenvalue weighted by atomic mass is 10.1. The number of aromatic nitrogens is 3. The SMILES string of the molecule is CCOCCOc1nc(-c2ccc(C)cc2)n(C(=O)c2cccc(F)c2)n1. The van der Waals surface area contributed by atoms with Gasteiger partial charge in [-0.25, -0.2) is 4.39 Å². The predicted octanol–water partition coefficient (Wildman–Crippen LogP) is 3.50. The third-order valence-electron chi connectivity index (χ3n) is 3.82. The minimum Gasteiger partial charge on any atom is -0.460 e. The monoisotopic (exact) mass is 369 g/mol. The number of nitrogens with zero attached hydrogens (tertiary/aromatic N) is 3. The molecule has 0 bridgehead atoms. The second-order valence-electron chi connectivity index (χ2n) is 5.86. The van der Waals surface area contributed by atoms with Crippen LogP contribution in [0, 0.1) is 12.7 Å². The van der Waals surface area contributed by atoms with Gasteiger partial charge in [0.1, 0.15) is 12.4 Å². The summed E-state index contributed by atoms with van der Waals surface area (Å²) in [5.41, 5.74) is 1.96. The van der Waals surface area contributed by atoms with Crippen LogP contribution in [0.4, 0.5) is 4.39 Å². The van der Waals surface area contributed by atoms with Crippen molar-refractivity contribution < 1.29 is 18.7 Å². The fourth-order valence-electron chi connectivity index (χ4n) is 2.47. The first kappa shape index (κ1) is 18.7. The van der Waals surface area contributed by atoms with Gasteiger partial charge >= 0.3 is 6.01 Å². The summed E-state index contributed by atoms with van der Waals surface area (Å²) in [7, 11) is 0. The quantitative estimate of drug-likeness (QED) is 0.597. The van der Waals surface area contributed by atoms with Crippen LogP contribution < -0.4 is 4.74 Å². The van der Waals surface area contributed by atoms with Gasteiger partial charge in [0, 0.05) is 17.7 Å². The first-order valence-corrected chi connectivity index (χ1v) is 8.63. The van der Waals surface area contributed by atoms with Gasteiger partial charge in [-0.3, -0.25) is 4.79 Å². The molecule has 3 aromatic rings. The number of carbonyl (C=O) groups is 1. The topological polar surface area (TPSA) is 66.2 Å². The van der Waals surface area contributed by atoms with Crippen LogP contribution in [-0.4, -0.2) is 40.5 Å². The smallest absolute Gasteiger partial charge is 0.336 e. The van der Waals surface area contributed by atoms with Crippen molar-refractivity contribution >= 4 is 5.91 Å². The lowest BCUT2D eigenvalue weighted by Crippen LogP contribution is -2.15. The molecule has 0 unspecified atom stereocenters. The highest BCUT2D eigenvalue weighted by atomic mass is 19.1. The van der Waals surface area contributed by atoms with E-state index in [0.717, 1.165) is 10.2 Å². The number of benzene rings is 2. The van der Waals surface area contributed by atoms with Gasteiger partial charge in [-0.05, 0) is 32.0 Å². The Balaban J connectivity index is 1.95. The molecule has 0 amide bonds. The van der Waals surface area contributed by atoms with E-state index in [1.807, 2.05) is 38.1 Å². The van der Waals surface area contributed by atoms with Crippen LogP contribution in [0.3, 0.4) is 0 Å². The average Bonchev–Trinajstić information content (AvgIpc) is 3.09. The molecule has 0 atom stereocenters. The van der Waals surface area contributed by atoms with E-state index in [1.54, 1.807) is 0 Å². The molecule has 0 fully saturated rings. The predicted molar refractivity (Wildman–Crippen MR) is 98.3 cm³/mol. The molecule has 3 rings (SSSR count). The molecule has 1 heterocycles. The standard InChI is InChI=1S/C20H20FN3O3/c1-3-26-11-12-27-20-22-18(15-9-7-14(2)8-10-15)24(23-20)19(25)16-5-4-6-17(21)13-16/h4-10,13H,3,11-12H2,1-2H3. The molecule has 0 saturated heterocycles. The molecule has 6 nitrogen and oxygen atoms in total. The van der Waals surface area contributed by atoms with Crippen LogP contribution in [0.15, 0.2) is 48.5 Å². The molecule has 0 saturated carbocycles. The van der Waals surface area contributed by atoms with Crippen LogP contribution in [0.1, 0.15) is 22.8 Å². The highest BCUT2D eigenvalue weighted by Crippen LogP contribution is 2.22. The molecular formula is C20H20FN3O3. The largest absolute Gasteiger partial charge is 0.460 e.